The zero-order valence-corrected chi connectivity index (χ0v) is 17.5. The quantitative estimate of drug-likeness (QED) is 0.424. The first kappa shape index (κ1) is 21.2. The van der Waals surface area contributed by atoms with Gasteiger partial charge in [0.1, 0.15) is 6.54 Å². The maximum Gasteiger partial charge on any atom is 0.283 e. The molecule has 0 aliphatic heterocycles. The van der Waals surface area contributed by atoms with E-state index in [1.165, 1.54) is 24.5 Å². The van der Waals surface area contributed by atoms with Gasteiger partial charge in [-0.15, -0.1) is 10.2 Å². The fourth-order valence-corrected chi connectivity index (χ4v) is 3.43. The Bertz CT molecular complexity index is 1320. The minimum Gasteiger partial charge on any atom is -0.493 e. The molecule has 0 fully saturated rings. The summed E-state index contributed by atoms with van der Waals surface area (Å²) in [7, 11) is 0. The first-order valence-corrected chi connectivity index (χ1v) is 10.1. The van der Waals surface area contributed by atoms with Gasteiger partial charge in [-0.3, -0.25) is 14.6 Å². The Balaban J connectivity index is 1.54. The van der Waals surface area contributed by atoms with Crippen LogP contribution in [0, 0.1) is 0 Å². The third kappa shape index (κ3) is 4.50. The van der Waals surface area contributed by atoms with Crippen LogP contribution in [0.5, 0.6) is 5.88 Å². The molecule has 0 saturated heterocycles. The van der Waals surface area contributed by atoms with Crippen molar-refractivity contribution in [1.29, 1.82) is 0 Å². The van der Waals surface area contributed by atoms with Gasteiger partial charge in [0.25, 0.3) is 11.8 Å². The van der Waals surface area contributed by atoms with E-state index in [2.05, 4.69) is 20.5 Å². The van der Waals surface area contributed by atoms with Gasteiger partial charge in [0.2, 0.25) is 5.88 Å². The predicted octanol–water partition coefficient (Wildman–Crippen LogP) is 4.48. The number of hydrogen-bond donors (Lipinski definition) is 2. The standard InChI is InChI=1S/C23H18ClN5O3/c24-18-7-3-1-5-16(18)14-29-19-8-4-2-6-17(19)21(23(29)32)28-27-20(30)13-26-22(31)15-9-11-25-12-10-15/h1-12,32H,13-14H2,(H,26,31). The number of nitrogens with zero attached hydrogens (tertiary/aromatic N) is 4. The topological polar surface area (TPSA) is 109 Å². The molecule has 2 aromatic carbocycles. The molecule has 9 heteroatoms. The second-order valence-corrected chi connectivity index (χ2v) is 7.29. The Morgan fingerprint density at radius 1 is 1.03 bits per heavy atom. The fraction of sp³-hybridized carbons (Fsp3) is 0.0870. The molecule has 0 aliphatic carbocycles. The number of carbonyl (C=O) groups excluding carboxylic acids is 2. The number of halogens is 1. The summed E-state index contributed by atoms with van der Waals surface area (Å²) >= 11 is 6.27. The maximum atomic E-state index is 12.1. The van der Waals surface area contributed by atoms with Crippen molar-refractivity contribution in [3.8, 4) is 5.88 Å². The summed E-state index contributed by atoms with van der Waals surface area (Å²) in [5.41, 5.74) is 2.09. The summed E-state index contributed by atoms with van der Waals surface area (Å²) in [5, 5.41) is 22.2. The largest absolute Gasteiger partial charge is 0.493 e. The normalized spacial score (nSPS) is 11.2. The molecule has 0 radical (unpaired) electrons. The van der Waals surface area contributed by atoms with Gasteiger partial charge in [0.05, 0.1) is 12.1 Å². The van der Waals surface area contributed by atoms with Gasteiger partial charge >= 0.3 is 0 Å². The van der Waals surface area contributed by atoms with Crippen molar-refractivity contribution in [3.63, 3.8) is 0 Å². The average molecular weight is 448 g/mol. The van der Waals surface area contributed by atoms with Crippen molar-refractivity contribution in [1.82, 2.24) is 14.9 Å². The molecular weight excluding hydrogens is 430 g/mol. The fourth-order valence-electron chi connectivity index (χ4n) is 3.23. The summed E-state index contributed by atoms with van der Waals surface area (Å²) in [5.74, 6) is -1.21. The van der Waals surface area contributed by atoms with Gasteiger partial charge in [-0.2, -0.15) is 0 Å². The lowest BCUT2D eigenvalue weighted by atomic mass is 10.2. The van der Waals surface area contributed by atoms with Crippen molar-refractivity contribution in [2.75, 3.05) is 6.54 Å². The summed E-state index contributed by atoms with van der Waals surface area (Å²) in [6.07, 6.45) is 2.97. The number of azo groups is 1. The maximum absolute atomic E-state index is 12.1. The lowest BCUT2D eigenvalue weighted by Gasteiger charge is -2.08. The Hall–Kier alpha value is -4.04. The summed E-state index contributed by atoms with van der Waals surface area (Å²) < 4.78 is 1.65. The third-order valence-electron chi connectivity index (χ3n) is 4.81. The number of aromatic nitrogens is 2. The smallest absolute Gasteiger partial charge is 0.283 e. The number of fused-ring (bicyclic) bond motifs is 1. The van der Waals surface area contributed by atoms with E-state index < -0.39 is 11.8 Å². The molecule has 4 rings (SSSR count). The highest BCUT2D eigenvalue weighted by atomic mass is 35.5. The highest BCUT2D eigenvalue weighted by molar-refractivity contribution is 6.31. The highest BCUT2D eigenvalue weighted by Gasteiger charge is 2.18. The molecule has 2 amide bonds. The van der Waals surface area contributed by atoms with E-state index in [1.54, 1.807) is 22.8 Å². The molecule has 32 heavy (non-hydrogen) atoms. The Morgan fingerprint density at radius 3 is 2.53 bits per heavy atom. The molecule has 0 atom stereocenters. The van der Waals surface area contributed by atoms with Crippen LogP contribution in [0.1, 0.15) is 15.9 Å². The van der Waals surface area contributed by atoms with E-state index in [9.17, 15) is 14.7 Å². The number of para-hydroxylation sites is 1. The van der Waals surface area contributed by atoms with Crippen molar-refractivity contribution in [2.24, 2.45) is 10.2 Å². The van der Waals surface area contributed by atoms with Crippen LogP contribution >= 0.6 is 11.6 Å². The Labute approximate surface area is 188 Å². The molecule has 8 nitrogen and oxygen atoms in total. The number of amides is 2. The average Bonchev–Trinajstić information content (AvgIpc) is 3.09. The van der Waals surface area contributed by atoms with Crippen molar-refractivity contribution in [2.45, 2.75) is 6.54 Å². The van der Waals surface area contributed by atoms with E-state index in [4.69, 9.17) is 11.6 Å². The number of aromatic hydroxyl groups is 1. The van der Waals surface area contributed by atoms with Crippen LogP contribution in [0.4, 0.5) is 5.69 Å². The van der Waals surface area contributed by atoms with E-state index in [0.717, 1.165) is 11.1 Å². The minimum atomic E-state index is -0.658. The van der Waals surface area contributed by atoms with Crippen LogP contribution in [0.25, 0.3) is 10.9 Å². The zero-order chi connectivity index (χ0) is 22.5. The van der Waals surface area contributed by atoms with E-state index in [0.29, 0.717) is 22.5 Å². The molecule has 2 aromatic heterocycles. The van der Waals surface area contributed by atoms with Crippen LogP contribution in [0.15, 0.2) is 83.3 Å². The lowest BCUT2D eigenvalue weighted by Crippen LogP contribution is -2.28. The summed E-state index contributed by atoms with van der Waals surface area (Å²) in [4.78, 5) is 28.0. The van der Waals surface area contributed by atoms with Gasteiger partial charge in [-0.25, -0.2) is 0 Å². The van der Waals surface area contributed by atoms with Crippen molar-refractivity contribution >= 4 is 40.0 Å². The Kier molecular flexibility index (Phi) is 6.23. The SMILES string of the molecule is O=C(CNC(=O)c1ccncc1)N=Nc1c(O)n(Cc2ccccc2Cl)c2ccccc12. The molecular formula is C23H18ClN5O3. The van der Waals surface area contributed by atoms with Crippen molar-refractivity contribution < 1.29 is 14.7 Å². The van der Waals surface area contributed by atoms with Gasteiger partial charge < -0.3 is 15.0 Å². The number of carbonyl (C=O) groups is 2. The van der Waals surface area contributed by atoms with Crippen LogP contribution in [0.2, 0.25) is 5.02 Å². The first-order chi connectivity index (χ1) is 15.5. The molecule has 0 bridgehead atoms. The first-order valence-electron chi connectivity index (χ1n) is 9.71. The number of nitrogens with one attached hydrogen (secondary N) is 1. The second kappa shape index (κ2) is 9.40. The zero-order valence-electron chi connectivity index (χ0n) is 16.8. The molecule has 4 aromatic rings. The molecule has 0 spiro atoms. The summed E-state index contributed by atoms with van der Waals surface area (Å²) in [6, 6.07) is 17.7. The Morgan fingerprint density at radius 2 is 1.75 bits per heavy atom. The molecule has 0 aliphatic rings. The molecule has 2 heterocycles. The minimum absolute atomic E-state index is 0.136. The molecule has 0 saturated carbocycles. The molecule has 0 unspecified atom stereocenters. The van der Waals surface area contributed by atoms with Gasteiger partial charge in [-0.05, 0) is 29.8 Å². The van der Waals surface area contributed by atoms with Gasteiger partial charge in [0, 0.05) is 28.4 Å². The molecule has 160 valence electrons. The monoisotopic (exact) mass is 447 g/mol. The van der Waals surface area contributed by atoms with Gasteiger partial charge in [0.15, 0.2) is 5.69 Å². The van der Waals surface area contributed by atoms with E-state index in [-0.39, 0.29) is 18.1 Å². The number of rotatable bonds is 6. The lowest BCUT2D eigenvalue weighted by molar-refractivity contribution is -0.117. The third-order valence-corrected chi connectivity index (χ3v) is 5.18. The van der Waals surface area contributed by atoms with Crippen LogP contribution in [-0.2, 0) is 11.3 Å². The van der Waals surface area contributed by atoms with Crippen LogP contribution in [0.3, 0.4) is 0 Å². The van der Waals surface area contributed by atoms with Crippen LogP contribution in [-0.4, -0.2) is 33.0 Å². The van der Waals surface area contributed by atoms with E-state index in [1.807, 2.05) is 30.3 Å². The summed E-state index contributed by atoms with van der Waals surface area (Å²) in [6.45, 7) is -0.0127. The second-order valence-electron chi connectivity index (χ2n) is 6.88. The van der Waals surface area contributed by atoms with Crippen LogP contribution < -0.4 is 5.32 Å². The number of pyridine rings is 1. The number of benzene rings is 2. The van der Waals surface area contributed by atoms with Gasteiger partial charge in [-0.1, -0.05) is 48.0 Å². The predicted molar refractivity (Wildman–Crippen MR) is 120 cm³/mol. The van der Waals surface area contributed by atoms with Crippen molar-refractivity contribution in [3.05, 3.63) is 89.2 Å². The van der Waals surface area contributed by atoms with E-state index >= 15 is 0 Å². The highest BCUT2D eigenvalue weighted by Crippen LogP contribution is 2.39. The number of hydrogen-bond acceptors (Lipinski definition) is 5. The molecule has 2 N–H and O–H groups in total.